The average molecular weight is 512 g/mol. The van der Waals surface area contributed by atoms with Crippen LogP contribution in [0.2, 0.25) is 0 Å². The molecule has 1 aliphatic heterocycles. The summed E-state index contributed by atoms with van der Waals surface area (Å²) in [5.74, 6) is -0.726. The van der Waals surface area contributed by atoms with Crippen molar-refractivity contribution in [2.45, 2.75) is 38.8 Å². The average Bonchev–Trinajstić information content (AvgIpc) is 3.61. The first-order valence-electron chi connectivity index (χ1n) is 11.6. The van der Waals surface area contributed by atoms with Crippen LogP contribution in [0.4, 0.5) is 15.2 Å². The van der Waals surface area contributed by atoms with Gasteiger partial charge >= 0.3 is 5.69 Å². The molecule has 0 aliphatic carbocycles. The lowest BCUT2D eigenvalue weighted by Crippen LogP contribution is -2.38. The zero-order valence-electron chi connectivity index (χ0n) is 20.4. The maximum absolute atomic E-state index is 14.9. The number of hydrogen-bond acceptors (Lipinski definition) is 7. The highest BCUT2D eigenvalue weighted by atomic mass is 32.1. The molecule has 188 valence electrons. The number of carbonyl (C=O) groups is 1. The molecule has 0 radical (unpaired) electrons. The second-order valence-electron chi connectivity index (χ2n) is 9.08. The Balaban J connectivity index is 1.36. The number of benzene rings is 1. The fourth-order valence-electron chi connectivity index (χ4n) is 4.65. The Bertz CT molecular complexity index is 1600. The first-order chi connectivity index (χ1) is 17.2. The molecule has 0 saturated carbocycles. The number of hydrogen-bond donors (Lipinski definition) is 1. The minimum atomic E-state index is -0.848. The van der Waals surface area contributed by atoms with Gasteiger partial charge in [-0.25, -0.2) is 18.9 Å². The van der Waals surface area contributed by atoms with Crippen molar-refractivity contribution in [2.24, 2.45) is 14.1 Å². The predicted octanol–water partition coefficient (Wildman–Crippen LogP) is 2.88. The Morgan fingerprint density at radius 3 is 2.72 bits per heavy atom. The van der Waals surface area contributed by atoms with Crippen molar-refractivity contribution in [1.82, 2.24) is 23.9 Å². The number of rotatable bonds is 5. The largest absolute Gasteiger partial charge is 0.366 e. The van der Waals surface area contributed by atoms with Crippen molar-refractivity contribution in [3.63, 3.8) is 0 Å². The van der Waals surface area contributed by atoms with Crippen molar-refractivity contribution in [1.29, 1.82) is 0 Å². The van der Waals surface area contributed by atoms with E-state index in [0.29, 0.717) is 33.6 Å². The lowest BCUT2D eigenvalue weighted by Gasteiger charge is -2.24. The van der Waals surface area contributed by atoms with Crippen LogP contribution in [0.25, 0.3) is 22.3 Å². The van der Waals surface area contributed by atoms with Gasteiger partial charge < -0.3 is 10.2 Å². The monoisotopic (exact) mass is 511 g/mol. The minimum Gasteiger partial charge on any atom is -0.366 e. The first-order valence-corrected chi connectivity index (χ1v) is 12.5. The summed E-state index contributed by atoms with van der Waals surface area (Å²) in [7, 11) is 2.92. The number of amides is 1. The van der Waals surface area contributed by atoms with E-state index in [2.05, 4.69) is 27.2 Å². The van der Waals surface area contributed by atoms with Crippen LogP contribution < -0.4 is 21.5 Å². The van der Waals surface area contributed by atoms with E-state index >= 15 is 0 Å². The molecule has 0 spiro atoms. The number of nitrogens with one attached hydrogen (secondary N) is 1. The number of nitrogens with zero attached hydrogens (tertiary/aromatic N) is 6. The third-order valence-electron chi connectivity index (χ3n) is 6.81. The molecular formula is C24H26FN7O3S. The Kier molecular flexibility index (Phi) is 5.99. The molecule has 3 aromatic heterocycles. The van der Waals surface area contributed by atoms with Gasteiger partial charge in [-0.2, -0.15) is 5.10 Å². The molecule has 1 aliphatic rings. The maximum atomic E-state index is 14.9. The Labute approximate surface area is 209 Å². The SMILES string of the molecule is CC1CCCN1c1ccc(-c2csc(NC(=O)C(C)n3ncc4c3c(=O)n(C)c(=O)n4C)n2)cc1F. The van der Waals surface area contributed by atoms with Gasteiger partial charge in [0.2, 0.25) is 0 Å². The van der Waals surface area contributed by atoms with Crippen LogP contribution in [0.5, 0.6) is 0 Å². The normalized spacial score (nSPS) is 16.6. The van der Waals surface area contributed by atoms with Crippen LogP contribution in [0.1, 0.15) is 32.7 Å². The van der Waals surface area contributed by atoms with Gasteiger partial charge in [0.25, 0.3) is 11.5 Å². The highest BCUT2D eigenvalue weighted by Crippen LogP contribution is 2.32. The molecule has 12 heteroatoms. The van der Waals surface area contributed by atoms with Gasteiger partial charge in [-0.1, -0.05) is 6.07 Å². The molecule has 1 amide bonds. The Morgan fingerprint density at radius 2 is 2.03 bits per heavy atom. The van der Waals surface area contributed by atoms with Crippen LogP contribution in [-0.2, 0) is 18.9 Å². The summed E-state index contributed by atoms with van der Waals surface area (Å²) >= 11 is 1.22. The van der Waals surface area contributed by atoms with E-state index < -0.39 is 23.2 Å². The summed E-state index contributed by atoms with van der Waals surface area (Å²) < 4.78 is 18.5. The molecule has 10 nitrogen and oxygen atoms in total. The molecule has 0 bridgehead atoms. The van der Waals surface area contributed by atoms with E-state index in [1.165, 1.54) is 39.9 Å². The number of carbonyl (C=O) groups excluding carboxylic acids is 1. The van der Waals surface area contributed by atoms with Gasteiger partial charge in [-0.15, -0.1) is 11.3 Å². The predicted molar refractivity (Wildman–Crippen MR) is 137 cm³/mol. The van der Waals surface area contributed by atoms with Crippen LogP contribution in [0, 0.1) is 5.82 Å². The molecule has 2 atom stereocenters. The third-order valence-corrected chi connectivity index (χ3v) is 7.56. The van der Waals surface area contributed by atoms with Gasteiger partial charge in [0.05, 0.1) is 23.1 Å². The third kappa shape index (κ3) is 3.91. The molecular weight excluding hydrogens is 485 g/mol. The van der Waals surface area contributed by atoms with Crippen LogP contribution in [0.15, 0.2) is 39.4 Å². The topological polar surface area (TPSA) is 107 Å². The lowest BCUT2D eigenvalue weighted by atomic mass is 10.1. The molecule has 1 saturated heterocycles. The smallest absolute Gasteiger partial charge is 0.331 e. The Hall–Kier alpha value is -3.80. The van der Waals surface area contributed by atoms with Gasteiger partial charge in [-0.05, 0) is 38.8 Å². The number of anilines is 2. The van der Waals surface area contributed by atoms with Crippen molar-refractivity contribution >= 4 is 39.1 Å². The first kappa shape index (κ1) is 23.9. The molecule has 2 unspecified atom stereocenters. The standard InChI is InChI=1S/C24H26FN7O3S/c1-13-6-5-9-31(13)18-8-7-15(10-16(18)25)17-12-36-23(27-17)28-21(33)14(2)32-20-19(11-26-32)29(3)24(35)30(4)22(20)34/h7-8,10-14H,5-6,9H2,1-4H3,(H,27,28,33). The maximum Gasteiger partial charge on any atom is 0.331 e. The fourth-order valence-corrected chi connectivity index (χ4v) is 5.37. The molecule has 1 N–H and O–H groups in total. The summed E-state index contributed by atoms with van der Waals surface area (Å²) in [6.45, 7) is 4.55. The van der Waals surface area contributed by atoms with Crippen molar-refractivity contribution < 1.29 is 9.18 Å². The van der Waals surface area contributed by atoms with E-state index in [4.69, 9.17) is 0 Å². The minimum absolute atomic E-state index is 0.157. The van der Waals surface area contributed by atoms with Crippen molar-refractivity contribution in [3.8, 4) is 11.3 Å². The van der Waals surface area contributed by atoms with E-state index in [1.54, 1.807) is 25.4 Å². The molecule has 1 fully saturated rings. The molecule has 1 aromatic carbocycles. The second kappa shape index (κ2) is 9.01. The number of thiazole rings is 1. The van der Waals surface area contributed by atoms with Crippen LogP contribution >= 0.6 is 11.3 Å². The van der Waals surface area contributed by atoms with Gasteiger partial charge in [-0.3, -0.25) is 18.7 Å². The number of aryl methyl sites for hydroxylation is 1. The number of halogens is 1. The Morgan fingerprint density at radius 1 is 1.25 bits per heavy atom. The van der Waals surface area contributed by atoms with E-state index in [9.17, 15) is 18.8 Å². The molecule has 36 heavy (non-hydrogen) atoms. The second-order valence-corrected chi connectivity index (χ2v) is 9.94. The molecule has 5 rings (SSSR count). The van der Waals surface area contributed by atoms with E-state index in [-0.39, 0.29) is 11.3 Å². The van der Waals surface area contributed by atoms with E-state index in [0.717, 1.165) is 24.0 Å². The highest BCUT2D eigenvalue weighted by Gasteiger charge is 2.25. The van der Waals surface area contributed by atoms with Crippen molar-refractivity contribution in [2.75, 3.05) is 16.8 Å². The van der Waals surface area contributed by atoms with Gasteiger partial charge in [0, 0.05) is 37.6 Å². The molecule has 4 aromatic rings. The van der Waals surface area contributed by atoms with Crippen LogP contribution in [-0.4, -0.2) is 42.4 Å². The zero-order chi connectivity index (χ0) is 25.7. The zero-order valence-corrected chi connectivity index (χ0v) is 21.2. The lowest BCUT2D eigenvalue weighted by molar-refractivity contribution is -0.119. The van der Waals surface area contributed by atoms with Crippen molar-refractivity contribution in [3.05, 3.63) is 56.4 Å². The summed E-state index contributed by atoms with van der Waals surface area (Å²) in [6, 6.07) is 4.55. The van der Waals surface area contributed by atoms with Gasteiger partial charge in [0.1, 0.15) is 11.9 Å². The number of fused-ring (bicyclic) bond motifs is 1. The summed E-state index contributed by atoms with van der Waals surface area (Å²) in [4.78, 5) is 44.4. The molecule has 4 heterocycles. The number of aromatic nitrogens is 5. The van der Waals surface area contributed by atoms with E-state index in [1.807, 2.05) is 6.07 Å². The summed E-state index contributed by atoms with van der Waals surface area (Å²) in [5, 5.41) is 9.04. The van der Waals surface area contributed by atoms with Crippen LogP contribution in [0.3, 0.4) is 0 Å². The summed E-state index contributed by atoms with van der Waals surface area (Å²) in [5.41, 5.74) is 1.26. The van der Waals surface area contributed by atoms with Gasteiger partial charge in [0.15, 0.2) is 10.6 Å². The summed E-state index contributed by atoms with van der Waals surface area (Å²) in [6.07, 6.45) is 3.50. The highest BCUT2D eigenvalue weighted by molar-refractivity contribution is 7.14. The fraction of sp³-hybridized carbons (Fsp3) is 0.375. The quantitative estimate of drug-likeness (QED) is 0.442.